The van der Waals surface area contributed by atoms with Gasteiger partial charge >= 0.3 is 0 Å². The molecule has 3 N–H and O–H groups in total. The van der Waals surface area contributed by atoms with Gasteiger partial charge in [0.25, 0.3) is 5.91 Å². The van der Waals surface area contributed by atoms with Gasteiger partial charge in [-0.2, -0.15) is 0 Å². The summed E-state index contributed by atoms with van der Waals surface area (Å²) in [5, 5.41) is 2.88. The molecule has 4 nitrogen and oxygen atoms in total. The number of nitrogens with zero attached hydrogens (tertiary/aromatic N) is 1. The maximum atomic E-state index is 12.0. The van der Waals surface area contributed by atoms with Gasteiger partial charge in [-0.25, -0.2) is 4.98 Å². The zero-order valence-corrected chi connectivity index (χ0v) is 10.2. The van der Waals surface area contributed by atoms with Crippen LogP contribution in [-0.4, -0.2) is 10.9 Å². The highest BCUT2D eigenvalue weighted by Gasteiger charge is 2.08. The lowest BCUT2D eigenvalue weighted by molar-refractivity contribution is 0.102. The van der Waals surface area contributed by atoms with Crippen molar-refractivity contribution in [2.45, 2.75) is 13.3 Å². The van der Waals surface area contributed by atoms with E-state index in [4.69, 9.17) is 5.73 Å². The summed E-state index contributed by atoms with van der Waals surface area (Å²) >= 11 is 0. The number of nitrogens with one attached hydrogen (secondary N) is 1. The molecule has 1 heterocycles. The summed E-state index contributed by atoms with van der Waals surface area (Å²) in [4.78, 5) is 15.9. The second kappa shape index (κ2) is 5.31. The van der Waals surface area contributed by atoms with E-state index in [1.807, 2.05) is 24.3 Å². The summed E-state index contributed by atoms with van der Waals surface area (Å²) in [5.74, 6) is 0.226. The van der Waals surface area contributed by atoms with Gasteiger partial charge in [-0.05, 0) is 30.2 Å². The number of benzene rings is 1. The van der Waals surface area contributed by atoms with Crippen molar-refractivity contribution in [3.63, 3.8) is 0 Å². The number of anilines is 2. The second-order valence-electron chi connectivity index (χ2n) is 3.94. The molecule has 18 heavy (non-hydrogen) atoms. The normalized spacial score (nSPS) is 10.1. The summed E-state index contributed by atoms with van der Waals surface area (Å²) < 4.78 is 0. The molecule has 0 aliphatic rings. The Morgan fingerprint density at radius 2 is 2.06 bits per heavy atom. The van der Waals surface area contributed by atoms with Gasteiger partial charge in [-0.3, -0.25) is 4.79 Å². The topological polar surface area (TPSA) is 68.0 Å². The molecule has 0 bridgehead atoms. The quantitative estimate of drug-likeness (QED) is 0.867. The number of rotatable bonds is 3. The number of para-hydroxylation sites is 1. The molecule has 0 spiro atoms. The summed E-state index contributed by atoms with van der Waals surface area (Å²) in [5.41, 5.74) is 7.92. The highest BCUT2D eigenvalue weighted by Crippen LogP contribution is 2.16. The van der Waals surface area contributed by atoms with Crippen molar-refractivity contribution in [3.8, 4) is 0 Å². The van der Waals surface area contributed by atoms with Gasteiger partial charge in [0.05, 0.1) is 5.56 Å². The predicted octanol–water partition coefficient (Wildman–Crippen LogP) is 2.48. The Morgan fingerprint density at radius 3 is 2.72 bits per heavy atom. The number of aromatic nitrogens is 1. The minimum absolute atomic E-state index is 0.177. The molecule has 0 radical (unpaired) electrons. The van der Waals surface area contributed by atoms with Gasteiger partial charge in [-0.1, -0.05) is 25.1 Å². The minimum Gasteiger partial charge on any atom is -0.384 e. The Hall–Kier alpha value is -2.36. The molecule has 2 aromatic rings. The first-order valence-electron chi connectivity index (χ1n) is 5.81. The Labute approximate surface area is 106 Å². The SMILES string of the molecule is CCc1ccccc1NC(=O)c1ccc(N)nc1. The average molecular weight is 241 g/mol. The zero-order chi connectivity index (χ0) is 13.0. The monoisotopic (exact) mass is 241 g/mol. The third-order valence-corrected chi connectivity index (χ3v) is 2.70. The summed E-state index contributed by atoms with van der Waals surface area (Å²) in [6.07, 6.45) is 2.34. The average Bonchev–Trinajstić information content (AvgIpc) is 2.40. The maximum absolute atomic E-state index is 12.0. The van der Waals surface area contributed by atoms with Gasteiger partial charge in [0.15, 0.2) is 0 Å². The second-order valence-corrected chi connectivity index (χ2v) is 3.94. The van der Waals surface area contributed by atoms with Crippen molar-refractivity contribution in [2.24, 2.45) is 0 Å². The number of hydrogen-bond acceptors (Lipinski definition) is 3. The van der Waals surface area contributed by atoms with Gasteiger partial charge < -0.3 is 11.1 Å². The van der Waals surface area contributed by atoms with Crippen LogP contribution in [0, 0.1) is 0 Å². The van der Waals surface area contributed by atoms with E-state index in [1.54, 1.807) is 12.1 Å². The lowest BCUT2D eigenvalue weighted by atomic mass is 10.1. The van der Waals surface area contributed by atoms with Crippen LogP contribution in [-0.2, 0) is 6.42 Å². The fraction of sp³-hybridized carbons (Fsp3) is 0.143. The van der Waals surface area contributed by atoms with Gasteiger partial charge in [-0.15, -0.1) is 0 Å². The number of amides is 1. The highest BCUT2D eigenvalue weighted by molar-refractivity contribution is 6.04. The van der Waals surface area contributed by atoms with Crippen LogP contribution in [0.1, 0.15) is 22.8 Å². The Morgan fingerprint density at radius 1 is 1.28 bits per heavy atom. The van der Waals surface area contributed by atoms with E-state index in [9.17, 15) is 4.79 Å². The lowest BCUT2D eigenvalue weighted by Gasteiger charge is -2.09. The predicted molar refractivity (Wildman–Crippen MR) is 72.4 cm³/mol. The van der Waals surface area contributed by atoms with Crippen LogP contribution < -0.4 is 11.1 Å². The third-order valence-electron chi connectivity index (χ3n) is 2.70. The van der Waals surface area contributed by atoms with Crippen molar-refractivity contribution < 1.29 is 4.79 Å². The summed E-state index contributed by atoms with van der Waals surface area (Å²) in [6.45, 7) is 2.05. The molecule has 0 saturated heterocycles. The van der Waals surface area contributed by atoms with Crippen LogP contribution in [0.4, 0.5) is 11.5 Å². The lowest BCUT2D eigenvalue weighted by Crippen LogP contribution is -2.13. The fourth-order valence-corrected chi connectivity index (χ4v) is 1.68. The molecule has 0 aliphatic carbocycles. The molecule has 92 valence electrons. The van der Waals surface area contributed by atoms with Gasteiger partial charge in [0.1, 0.15) is 5.82 Å². The van der Waals surface area contributed by atoms with E-state index in [0.717, 1.165) is 17.7 Å². The number of carbonyl (C=O) groups excluding carboxylic acids is 1. The molecular weight excluding hydrogens is 226 g/mol. The van der Waals surface area contributed by atoms with Crippen LogP contribution >= 0.6 is 0 Å². The van der Waals surface area contributed by atoms with E-state index >= 15 is 0 Å². The van der Waals surface area contributed by atoms with Crippen LogP contribution in [0.2, 0.25) is 0 Å². The van der Waals surface area contributed by atoms with E-state index < -0.39 is 0 Å². The van der Waals surface area contributed by atoms with Crippen LogP contribution in [0.5, 0.6) is 0 Å². The van der Waals surface area contributed by atoms with E-state index in [1.165, 1.54) is 6.20 Å². The molecule has 1 aromatic carbocycles. The molecule has 2 rings (SSSR count). The molecule has 1 aromatic heterocycles. The van der Waals surface area contributed by atoms with Crippen LogP contribution in [0.3, 0.4) is 0 Å². The molecule has 4 heteroatoms. The number of carbonyl (C=O) groups is 1. The third kappa shape index (κ3) is 2.66. The Balaban J connectivity index is 2.18. The Bertz CT molecular complexity index is 549. The summed E-state index contributed by atoms with van der Waals surface area (Å²) in [6, 6.07) is 11.0. The molecule has 0 atom stereocenters. The zero-order valence-electron chi connectivity index (χ0n) is 10.2. The maximum Gasteiger partial charge on any atom is 0.257 e. The Kier molecular flexibility index (Phi) is 3.57. The standard InChI is InChI=1S/C14H15N3O/c1-2-10-5-3-4-6-12(10)17-14(18)11-7-8-13(15)16-9-11/h3-9H,2H2,1H3,(H2,15,16)(H,17,18). The molecule has 1 amide bonds. The van der Waals surface area contributed by atoms with E-state index in [0.29, 0.717) is 11.4 Å². The molecule has 0 unspecified atom stereocenters. The number of nitrogen functional groups attached to an aromatic ring is 1. The number of hydrogen-bond donors (Lipinski definition) is 2. The molecule has 0 aliphatic heterocycles. The van der Waals surface area contributed by atoms with Crippen molar-refractivity contribution in [1.29, 1.82) is 0 Å². The van der Waals surface area contributed by atoms with Crippen molar-refractivity contribution >= 4 is 17.4 Å². The number of pyridine rings is 1. The highest BCUT2D eigenvalue weighted by atomic mass is 16.1. The first-order valence-corrected chi connectivity index (χ1v) is 5.81. The number of nitrogens with two attached hydrogens (primary N) is 1. The van der Waals surface area contributed by atoms with Crippen LogP contribution in [0.25, 0.3) is 0 Å². The first-order chi connectivity index (χ1) is 8.70. The van der Waals surface area contributed by atoms with Gasteiger partial charge in [0.2, 0.25) is 0 Å². The molecular formula is C14H15N3O. The van der Waals surface area contributed by atoms with E-state index in [2.05, 4.69) is 17.2 Å². The van der Waals surface area contributed by atoms with Crippen molar-refractivity contribution in [1.82, 2.24) is 4.98 Å². The van der Waals surface area contributed by atoms with Gasteiger partial charge in [0, 0.05) is 11.9 Å². The van der Waals surface area contributed by atoms with Crippen molar-refractivity contribution in [3.05, 3.63) is 53.7 Å². The van der Waals surface area contributed by atoms with E-state index in [-0.39, 0.29) is 5.91 Å². The fourth-order valence-electron chi connectivity index (χ4n) is 1.68. The number of aryl methyl sites for hydroxylation is 1. The first kappa shape index (κ1) is 12.1. The van der Waals surface area contributed by atoms with Crippen molar-refractivity contribution in [2.75, 3.05) is 11.1 Å². The largest absolute Gasteiger partial charge is 0.384 e. The minimum atomic E-state index is -0.177. The van der Waals surface area contributed by atoms with Crippen LogP contribution in [0.15, 0.2) is 42.6 Å². The summed E-state index contributed by atoms with van der Waals surface area (Å²) in [7, 11) is 0. The molecule has 0 fully saturated rings. The molecule has 0 saturated carbocycles. The smallest absolute Gasteiger partial charge is 0.257 e.